The minimum atomic E-state index is -0.828. The van der Waals surface area contributed by atoms with E-state index >= 15 is 0 Å². The molecule has 1 fully saturated rings. The summed E-state index contributed by atoms with van der Waals surface area (Å²) in [6.45, 7) is 3.23. The van der Waals surface area contributed by atoms with Gasteiger partial charge >= 0.3 is 6.03 Å². The molecule has 1 unspecified atom stereocenters. The van der Waals surface area contributed by atoms with Crippen molar-refractivity contribution in [2.24, 2.45) is 0 Å². The number of benzene rings is 1. The van der Waals surface area contributed by atoms with Crippen molar-refractivity contribution in [2.75, 3.05) is 19.6 Å². The lowest BCUT2D eigenvalue weighted by Crippen LogP contribution is -2.55. The number of carbonyl (C=O) groups is 2. The number of hydrogen-bond acceptors (Lipinski definition) is 4. The Morgan fingerprint density at radius 2 is 2.35 bits per heavy atom. The summed E-state index contributed by atoms with van der Waals surface area (Å²) < 4.78 is 13.5. The molecule has 0 spiro atoms. The van der Waals surface area contributed by atoms with Gasteiger partial charge in [0.15, 0.2) is 0 Å². The summed E-state index contributed by atoms with van der Waals surface area (Å²) in [5.41, 5.74) is 1.41. The lowest BCUT2D eigenvalue weighted by Gasteiger charge is -2.35. The van der Waals surface area contributed by atoms with Gasteiger partial charge in [0.2, 0.25) is 5.91 Å². The Bertz CT molecular complexity index is 795. The minimum Gasteiger partial charge on any atom is -0.352 e. The van der Waals surface area contributed by atoms with Crippen LogP contribution in [0.15, 0.2) is 29.6 Å². The first-order chi connectivity index (χ1) is 12.6. The molecule has 26 heavy (non-hydrogen) atoms. The van der Waals surface area contributed by atoms with E-state index < -0.39 is 11.9 Å². The van der Waals surface area contributed by atoms with E-state index in [4.69, 9.17) is 0 Å². The van der Waals surface area contributed by atoms with Crippen LogP contribution >= 0.6 is 11.3 Å². The van der Waals surface area contributed by atoms with Crippen molar-refractivity contribution in [3.05, 3.63) is 51.7 Å². The summed E-state index contributed by atoms with van der Waals surface area (Å²) in [5.74, 6) is -0.736. The van der Waals surface area contributed by atoms with Crippen LogP contribution in [0.2, 0.25) is 0 Å². The molecule has 2 aromatic rings. The molecule has 1 aliphatic heterocycles. The fourth-order valence-electron chi connectivity index (χ4n) is 2.92. The summed E-state index contributed by atoms with van der Waals surface area (Å²) in [6.07, 6.45) is 1.53. The summed E-state index contributed by atoms with van der Waals surface area (Å²) in [4.78, 5) is 30.8. The largest absolute Gasteiger partial charge is 0.352 e. The zero-order valence-electron chi connectivity index (χ0n) is 14.5. The number of nitrogens with zero attached hydrogens (tertiary/aromatic N) is 2. The van der Waals surface area contributed by atoms with Gasteiger partial charge in [0.1, 0.15) is 11.9 Å². The molecular weight excluding hydrogens is 355 g/mol. The van der Waals surface area contributed by atoms with Gasteiger partial charge in [-0.05, 0) is 24.1 Å². The summed E-state index contributed by atoms with van der Waals surface area (Å²) >= 11 is 1.61. The molecule has 0 radical (unpaired) electrons. The zero-order chi connectivity index (χ0) is 18.5. The van der Waals surface area contributed by atoms with Crippen molar-refractivity contribution >= 4 is 23.3 Å². The number of rotatable bonds is 5. The number of halogens is 1. The van der Waals surface area contributed by atoms with Gasteiger partial charge < -0.3 is 15.5 Å². The van der Waals surface area contributed by atoms with Crippen LogP contribution < -0.4 is 10.6 Å². The molecule has 0 bridgehead atoms. The smallest absolute Gasteiger partial charge is 0.318 e. The Balaban J connectivity index is 1.64. The lowest BCUT2D eigenvalue weighted by molar-refractivity contribution is -0.127. The maximum Gasteiger partial charge on any atom is 0.318 e. The molecule has 2 heterocycles. The summed E-state index contributed by atoms with van der Waals surface area (Å²) in [6, 6.07) is 4.63. The first kappa shape index (κ1) is 18.3. The molecule has 0 aliphatic carbocycles. The first-order valence-corrected chi connectivity index (χ1v) is 9.47. The van der Waals surface area contributed by atoms with Crippen LogP contribution in [-0.2, 0) is 17.6 Å². The highest BCUT2D eigenvalue weighted by Crippen LogP contribution is 2.24. The van der Waals surface area contributed by atoms with E-state index in [1.807, 2.05) is 5.38 Å². The highest BCUT2D eigenvalue weighted by molar-refractivity contribution is 7.09. The molecule has 1 atom stereocenters. The third kappa shape index (κ3) is 4.19. The van der Waals surface area contributed by atoms with Crippen molar-refractivity contribution < 1.29 is 14.0 Å². The molecule has 1 aromatic heterocycles. The topological polar surface area (TPSA) is 74.3 Å². The molecular formula is C18H21FN4O2S. The van der Waals surface area contributed by atoms with E-state index in [0.29, 0.717) is 31.6 Å². The molecule has 2 N–H and O–H groups in total. The second kappa shape index (κ2) is 8.27. The van der Waals surface area contributed by atoms with E-state index in [0.717, 1.165) is 17.1 Å². The molecule has 1 saturated heterocycles. The van der Waals surface area contributed by atoms with Crippen LogP contribution in [0.5, 0.6) is 0 Å². The van der Waals surface area contributed by atoms with Crippen molar-refractivity contribution in [3.8, 4) is 0 Å². The lowest BCUT2D eigenvalue weighted by atomic mass is 10.0. The van der Waals surface area contributed by atoms with Gasteiger partial charge in [0.05, 0.1) is 10.7 Å². The number of thiazole rings is 1. The fraction of sp³-hybridized carbons (Fsp3) is 0.389. The second-order valence-corrected chi connectivity index (χ2v) is 6.95. The quantitative estimate of drug-likeness (QED) is 0.841. The van der Waals surface area contributed by atoms with Gasteiger partial charge in [-0.15, -0.1) is 11.3 Å². The van der Waals surface area contributed by atoms with Gasteiger partial charge in [0, 0.05) is 31.4 Å². The van der Waals surface area contributed by atoms with E-state index in [-0.39, 0.29) is 11.9 Å². The van der Waals surface area contributed by atoms with E-state index in [2.05, 4.69) is 22.5 Å². The van der Waals surface area contributed by atoms with Crippen molar-refractivity contribution in [2.45, 2.75) is 25.8 Å². The molecule has 3 amide bonds. The number of carbonyl (C=O) groups excluding carboxylic acids is 2. The SMILES string of the molecule is CCc1nc(CCNC(=O)N2CCNC(=O)C2c2cccc(F)c2)cs1. The van der Waals surface area contributed by atoms with Crippen molar-refractivity contribution in [1.29, 1.82) is 0 Å². The maximum atomic E-state index is 13.5. The third-order valence-electron chi connectivity index (χ3n) is 4.20. The van der Waals surface area contributed by atoms with E-state index in [1.54, 1.807) is 17.4 Å². The zero-order valence-corrected chi connectivity index (χ0v) is 15.3. The maximum absolute atomic E-state index is 13.5. The number of aryl methyl sites for hydroxylation is 1. The molecule has 6 nitrogen and oxygen atoms in total. The molecule has 8 heteroatoms. The number of hydrogen-bond donors (Lipinski definition) is 2. The molecule has 3 rings (SSSR count). The Morgan fingerprint density at radius 1 is 1.50 bits per heavy atom. The van der Waals surface area contributed by atoms with Crippen LogP contribution in [0.3, 0.4) is 0 Å². The predicted molar refractivity (Wildman–Crippen MR) is 97.5 cm³/mol. The Morgan fingerprint density at radius 3 is 3.08 bits per heavy atom. The number of urea groups is 1. The first-order valence-electron chi connectivity index (χ1n) is 8.59. The minimum absolute atomic E-state index is 0.302. The number of amides is 3. The monoisotopic (exact) mass is 376 g/mol. The second-order valence-electron chi connectivity index (χ2n) is 6.01. The van der Waals surface area contributed by atoms with Gasteiger partial charge in [-0.1, -0.05) is 19.1 Å². The van der Waals surface area contributed by atoms with Gasteiger partial charge in [0.25, 0.3) is 0 Å². The van der Waals surface area contributed by atoms with Crippen molar-refractivity contribution in [1.82, 2.24) is 20.5 Å². The summed E-state index contributed by atoms with van der Waals surface area (Å²) in [5, 5.41) is 8.64. The number of nitrogens with one attached hydrogen (secondary N) is 2. The Labute approximate surface area is 155 Å². The third-order valence-corrected chi connectivity index (χ3v) is 5.24. The van der Waals surface area contributed by atoms with Gasteiger partial charge in [-0.25, -0.2) is 14.2 Å². The molecule has 1 aliphatic rings. The highest BCUT2D eigenvalue weighted by Gasteiger charge is 2.34. The number of piperazine rings is 1. The Hall–Kier alpha value is -2.48. The van der Waals surface area contributed by atoms with Gasteiger partial charge in [-0.3, -0.25) is 4.79 Å². The fourth-order valence-corrected chi connectivity index (χ4v) is 3.70. The molecule has 0 saturated carbocycles. The van der Waals surface area contributed by atoms with Crippen LogP contribution in [0.25, 0.3) is 0 Å². The molecule has 138 valence electrons. The van der Waals surface area contributed by atoms with Crippen molar-refractivity contribution in [3.63, 3.8) is 0 Å². The van der Waals surface area contributed by atoms with Crippen LogP contribution in [-0.4, -0.2) is 41.5 Å². The highest BCUT2D eigenvalue weighted by atomic mass is 32.1. The van der Waals surface area contributed by atoms with Crippen LogP contribution in [0.1, 0.15) is 29.2 Å². The molecule has 1 aromatic carbocycles. The normalized spacial score (nSPS) is 17.1. The Kier molecular flexibility index (Phi) is 5.82. The average Bonchev–Trinajstić information content (AvgIpc) is 3.09. The number of aromatic nitrogens is 1. The van der Waals surface area contributed by atoms with E-state index in [1.165, 1.54) is 23.1 Å². The average molecular weight is 376 g/mol. The van der Waals surface area contributed by atoms with Crippen LogP contribution in [0.4, 0.5) is 9.18 Å². The van der Waals surface area contributed by atoms with Crippen LogP contribution in [0, 0.1) is 5.82 Å². The predicted octanol–water partition coefficient (Wildman–Crippen LogP) is 2.27. The standard InChI is InChI=1S/C18H21FN4O2S/c1-2-15-22-14(11-26-15)6-7-21-18(25)23-9-8-20-17(24)16(23)12-4-3-5-13(19)10-12/h3-5,10-11,16H,2,6-9H2,1H3,(H,20,24)(H,21,25). The van der Waals surface area contributed by atoms with Gasteiger partial charge in [-0.2, -0.15) is 0 Å². The summed E-state index contributed by atoms with van der Waals surface area (Å²) in [7, 11) is 0. The van der Waals surface area contributed by atoms with E-state index in [9.17, 15) is 14.0 Å².